The molecule has 7 heteroatoms. The van der Waals surface area contributed by atoms with Crippen LogP contribution in [0.15, 0.2) is 23.1 Å². The van der Waals surface area contributed by atoms with Gasteiger partial charge in [0.05, 0.1) is 10.9 Å². The fraction of sp³-hybridized carbons (Fsp3) is 0.682. The van der Waals surface area contributed by atoms with Crippen LogP contribution >= 0.6 is 0 Å². The van der Waals surface area contributed by atoms with Crippen LogP contribution in [-0.4, -0.2) is 72.7 Å². The van der Waals surface area contributed by atoms with Gasteiger partial charge < -0.3 is 4.90 Å². The molecule has 2 heterocycles. The Labute approximate surface area is 175 Å². The van der Waals surface area contributed by atoms with E-state index in [1.165, 1.54) is 6.42 Å². The Balaban J connectivity index is 1.65. The van der Waals surface area contributed by atoms with Crippen molar-refractivity contribution in [2.75, 3.05) is 26.2 Å². The molecule has 0 N–H and O–H groups in total. The lowest BCUT2D eigenvalue weighted by Crippen LogP contribution is -2.58. The molecule has 2 saturated heterocycles. The number of hydrogen-bond acceptors (Lipinski definition) is 4. The summed E-state index contributed by atoms with van der Waals surface area (Å²) in [6.07, 6.45) is 3.30. The zero-order chi connectivity index (χ0) is 21.3. The Morgan fingerprint density at radius 1 is 1.00 bits per heavy atom. The largest absolute Gasteiger partial charge is 0.336 e. The lowest BCUT2D eigenvalue weighted by Gasteiger charge is -2.43. The normalized spacial score (nSPS) is 25.8. The predicted molar refractivity (Wildman–Crippen MR) is 115 cm³/mol. The highest BCUT2D eigenvalue weighted by Crippen LogP contribution is 2.25. The number of sulfonamides is 1. The first-order valence-electron chi connectivity index (χ1n) is 10.8. The van der Waals surface area contributed by atoms with Crippen molar-refractivity contribution in [2.24, 2.45) is 0 Å². The molecule has 0 spiro atoms. The predicted octanol–water partition coefficient (Wildman–Crippen LogP) is 2.79. The van der Waals surface area contributed by atoms with Gasteiger partial charge in [0, 0.05) is 38.3 Å². The average molecular weight is 422 g/mol. The molecule has 2 fully saturated rings. The molecule has 0 radical (unpaired) electrons. The Kier molecular flexibility index (Phi) is 6.70. The van der Waals surface area contributed by atoms with Gasteiger partial charge in [-0.15, -0.1) is 0 Å². The van der Waals surface area contributed by atoms with Crippen molar-refractivity contribution in [3.63, 3.8) is 0 Å². The summed E-state index contributed by atoms with van der Waals surface area (Å²) in [5.74, 6) is 0.176. The maximum Gasteiger partial charge on any atom is 0.243 e. The smallest absolute Gasteiger partial charge is 0.243 e. The van der Waals surface area contributed by atoms with Crippen molar-refractivity contribution >= 4 is 15.9 Å². The third-order valence-electron chi connectivity index (χ3n) is 6.74. The summed E-state index contributed by atoms with van der Waals surface area (Å²) in [6.45, 7) is 12.1. The van der Waals surface area contributed by atoms with Crippen molar-refractivity contribution in [1.29, 1.82) is 0 Å². The molecule has 2 aliphatic heterocycles. The fourth-order valence-corrected chi connectivity index (χ4v) is 6.09. The Hall–Kier alpha value is -1.44. The van der Waals surface area contributed by atoms with Gasteiger partial charge in [0.1, 0.15) is 0 Å². The molecule has 0 saturated carbocycles. The maximum atomic E-state index is 13.1. The van der Waals surface area contributed by atoms with Gasteiger partial charge in [0.2, 0.25) is 15.9 Å². The standard InChI is InChI=1S/C22H35N3O3S/c1-16-9-10-21(15-17(16)2)29(27,28)24-13-11-23(12-14-24)20(5)22(26)25-18(3)7-6-8-19(25)4/h9-10,15,18-20H,6-8,11-14H2,1-5H3/t18-,19+,20-/m0/s1. The number of likely N-dealkylation sites (tertiary alicyclic amines) is 1. The molecule has 1 aromatic carbocycles. The van der Waals surface area contributed by atoms with Gasteiger partial charge in [-0.25, -0.2) is 8.42 Å². The average Bonchev–Trinajstić information content (AvgIpc) is 2.69. The summed E-state index contributed by atoms with van der Waals surface area (Å²) in [5.41, 5.74) is 2.07. The van der Waals surface area contributed by atoms with Gasteiger partial charge in [-0.3, -0.25) is 9.69 Å². The Bertz CT molecular complexity index is 837. The third-order valence-corrected chi connectivity index (χ3v) is 8.64. The van der Waals surface area contributed by atoms with Crippen LogP contribution < -0.4 is 0 Å². The second-order valence-corrected chi connectivity index (χ2v) is 10.7. The quantitative estimate of drug-likeness (QED) is 0.750. The minimum absolute atomic E-state index is 0.176. The Morgan fingerprint density at radius 3 is 2.14 bits per heavy atom. The van der Waals surface area contributed by atoms with E-state index in [2.05, 4.69) is 18.7 Å². The number of benzene rings is 1. The van der Waals surface area contributed by atoms with Crippen molar-refractivity contribution < 1.29 is 13.2 Å². The molecule has 162 valence electrons. The third kappa shape index (κ3) is 4.52. The van der Waals surface area contributed by atoms with E-state index in [0.29, 0.717) is 31.1 Å². The number of piperazine rings is 1. The van der Waals surface area contributed by atoms with Gasteiger partial charge in [0.15, 0.2) is 0 Å². The molecular weight excluding hydrogens is 386 g/mol. The zero-order valence-corrected chi connectivity index (χ0v) is 19.2. The van der Waals surface area contributed by atoms with Crippen LogP contribution in [0.3, 0.4) is 0 Å². The lowest BCUT2D eigenvalue weighted by atomic mass is 9.96. The van der Waals surface area contributed by atoms with E-state index in [1.807, 2.05) is 31.7 Å². The first-order chi connectivity index (χ1) is 13.6. The van der Waals surface area contributed by atoms with E-state index < -0.39 is 10.0 Å². The van der Waals surface area contributed by atoms with E-state index >= 15 is 0 Å². The highest BCUT2D eigenvalue weighted by molar-refractivity contribution is 7.89. The molecule has 6 nitrogen and oxygen atoms in total. The molecule has 0 aromatic heterocycles. The molecule has 2 aliphatic rings. The van der Waals surface area contributed by atoms with Crippen LogP contribution in [0.1, 0.15) is 51.2 Å². The monoisotopic (exact) mass is 421 g/mol. The van der Waals surface area contributed by atoms with Crippen LogP contribution in [0.5, 0.6) is 0 Å². The number of amides is 1. The summed E-state index contributed by atoms with van der Waals surface area (Å²) < 4.78 is 27.6. The highest BCUT2D eigenvalue weighted by atomic mass is 32.2. The second kappa shape index (κ2) is 8.74. The molecule has 3 atom stereocenters. The van der Waals surface area contributed by atoms with Gasteiger partial charge in [-0.05, 0) is 77.1 Å². The summed E-state index contributed by atoms with van der Waals surface area (Å²) in [6, 6.07) is 5.64. The number of aryl methyl sites for hydroxylation is 2. The van der Waals surface area contributed by atoms with Crippen LogP contribution in [0.2, 0.25) is 0 Å². The Morgan fingerprint density at radius 2 is 1.59 bits per heavy atom. The van der Waals surface area contributed by atoms with Crippen molar-refractivity contribution in [3.05, 3.63) is 29.3 Å². The molecule has 1 amide bonds. The molecule has 0 unspecified atom stereocenters. The van der Waals surface area contributed by atoms with Crippen molar-refractivity contribution in [2.45, 2.75) is 76.9 Å². The summed E-state index contributed by atoms with van der Waals surface area (Å²) in [7, 11) is -3.50. The van der Waals surface area contributed by atoms with E-state index in [-0.39, 0.29) is 24.0 Å². The van der Waals surface area contributed by atoms with Gasteiger partial charge in [-0.1, -0.05) is 6.07 Å². The van der Waals surface area contributed by atoms with Crippen molar-refractivity contribution in [3.8, 4) is 0 Å². The number of nitrogens with zero attached hydrogens (tertiary/aromatic N) is 3. The first-order valence-corrected chi connectivity index (χ1v) is 12.2. The van der Waals surface area contributed by atoms with Gasteiger partial charge >= 0.3 is 0 Å². The van der Waals surface area contributed by atoms with Crippen molar-refractivity contribution in [1.82, 2.24) is 14.1 Å². The highest BCUT2D eigenvalue weighted by Gasteiger charge is 2.36. The van der Waals surface area contributed by atoms with Crippen LogP contribution in [0, 0.1) is 13.8 Å². The topological polar surface area (TPSA) is 60.9 Å². The zero-order valence-electron chi connectivity index (χ0n) is 18.4. The van der Waals surface area contributed by atoms with E-state index in [0.717, 1.165) is 24.0 Å². The summed E-state index contributed by atoms with van der Waals surface area (Å²) >= 11 is 0. The number of rotatable bonds is 4. The van der Waals surface area contributed by atoms with Crippen LogP contribution in [-0.2, 0) is 14.8 Å². The SMILES string of the molecule is Cc1ccc(S(=O)(=O)N2CCN([C@@H](C)C(=O)N3[C@H](C)CCC[C@@H]3C)CC2)cc1C. The summed E-state index contributed by atoms with van der Waals surface area (Å²) in [5, 5.41) is 0. The summed E-state index contributed by atoms with van der Waals surface area (Å²) in [4.78, 5) is 17.7. The number of carbonyl (C=O) groups excluding carboxylic acids is 1. The fourth-order valence-electron chi connectivity index (χ4n) is 4.58. The lowest BCUT2D eigenvalue weighted by molar-refractivity contribution is -0.143. The van der Waals surface area contributed by atoms with Gasteiger partial charge in [-0.2, -0.15) is 4.31 Å². The minimum Gasteiger partial charge on any atom is -0.336 e. The molecule has 1 aromatic rings. The maximum absolute atomic E-state index is 13.1. The number of piperidine rings is 1. The molecule has 3 rings (SSSR count). The molecule has 29 heavy (non-hydrogen) atoms. The van der Waals surface area contributed by atoms with Crippen LogP contribution in [0.4, 0.5) is 0 Å². The minimum atomic E-state index is -3.50. The van der Waals surface area contributed by atoms with Crippen LogP contribution in [0.25, 0.3) is 0 Å². The second-order valence-electron chi connectivity index (χ2n) is 8.74. The first kappa shape index (κ1) is 22.2. The number of carbonyl (C=O) groups is 1. The van der Waals surface area contributed by atoms with Gasteiger partial charge in [0.25, 0.3) is 0 Å². The molecular formula is C22H35N3O3S. The van der Waals surface area contributed by atoms with E-state index in [9.17, 15) is 13.2 Å². The van der Waals surface area contributed by atoms with E-state index in [1.54, 1.807) is 16.4 Å². The number of hydrogen-bond donors (Lipinski definition) is 0. The molecule has 0 aliphatic carbocycles. The van der Waals surface area contributed by atoms with E-state index in [4.69, 9.17) is 0 Å². The molecule has 0 bridgehead atoms.